The molecule has 5 nitrogen and oxygen atoms in total. The summed E-state index contributed by atoms with van der Waals surface area (Å²) >= 11 is 0. The third kappa shape index (κ3) is 2.43. The van der Waals surface area contributed by atoms with Crippen molar-refractivity contribution in [3.05, 3.63) is 0 Å². The van der Waals surface area contributed by atoms with Gasteiger partial charge in [0, 0.05) is 5.54 Å². The molecule has 6 atom stereocenters. The number of hydrogen-bond donors (Lipinski definition) is 0. The maximum absolute atomic E-state index is 12.2. The van der Waals surface area contributed by atoms with E-state index < -0.39 is 0 Å². The highest BCUT2D eigenvalue weighted by Gasteiger charge is 2.80. The van der Waals surface area contributed by atoms with E-state index in [0.717, 1.165) is 18.3 Å². The predicted octanol–water partition coefficient (Wildman–Crippen LogP) is 2.54. The zero-order valence-electron chi connectivity index (χ0n) is 14.5. The van der Waals surface area contributed by atoms with Crippen molar-refractivity contribution in [1.82, 2.24) is 4.90 Å². The van der Waals surface area contributed by atoms with Crippen LogP contribution < -0.4 is 0 Å². The molecule has 1 aliphatic heterocycles. The van der Waals surface area contributed by atoms with E-state index in [4.69, 9.17) is 14.2 Å². The second kappa shape index (κ2) is 5.43. The average Bonchev–Trinajstić information content (AvgIpc) is 2.97. The van der Waals surface area contributed by atoms with Gasteiger partial charge in [-0.05, 0) is 63.2 Å². The molecule has 0 aromatic heterocycles. The summed E-state index contributed by atoms with van der Waals surface area (Å²) in [4.78, 5) is 14.5. The summed E-state index contributed by atoms with van der Waals surface area (Å²) in [6, 6.07) is 0. The smallest absolute Gasteiger partial charge is 0.322 e. The lowest BCUT2D eigenvalue weighted by Gasteiger charge is -2.52. The van der Waals surface area contributed by atoms with Gasteiger partial charge in [-0.2, -0.15) is 0 Å². The van der Waals surface area contributed by atoms with Crippen molar-refractivity contribution in [1.29, 1.82) is 0 Å². The monoisotopic (exact) mass is 323 g/mol. The number of carbonyl (C=O) groups excluding carboxylic acids is 1. The summed E-state index contributed by atoms with van der Waals surface area (Å²) in [6.45, 7) is 7.35. The molecule has 0 bridgehead atoms. The fraction of sp³-hybridized carbons (Fsp3) is 0.944. The Morgan fingerprint density at radius 2 is 1.83 bits per heavy atom. The molecular weight excluding hydrogens is 294 g/mol. The summed E-state index contributed by atoms with van der Waals surface area (Å²) in [6.07, 6.45) is 6.08. The Hall–Kier alpha value is -0.650. The van der Waals surface area contributed by atoms with Crippen molar-refractivity contribution in [3.63, 3.8) is 0 Å². The van der Waals surface area contributed by atoms with Gasteiger partial charge in [0.1, 0.15) is 6.73 Å². The standard InChI is InChI=1S/C18H29NO4/c1-12-5-17-7-15(17)8-18(17,6-12)19-9-16(20)23-11-22-14(3)4-13(2)21-10-19/h12-15H,4-11H2,1-3H3. The molecule has 4 fully saturated rings. The van der Waals surface area contributed by atoms with Crippen LogP contribution in [0.2, 0.25) is 0 Å². The second-order valence-corrected chi connectivity index (χ2v) is 8.46. The molecule has 4 rings (SSSR count). The summed E-state index contributed by atoms with van der Waals surface area (Å²) in [5.41, 5.74) is 0.652. The van der Waals surface area contributed by atoms with Gasteiger partial charge in [0.2, 0.25) is 0 Å². The molecule has 0 N–H and O–H groups in total. The topological polar surface area (TPSA) is 48.0 Å². The van der Waals surface area contributed by atoms with Crippen LogP contribution in [-0.4, -0.2) is 48.7 Å². The lowest BCUT2D eigenvalue weighted by Crippen LogP contribution is -2.60. The van der Waals surface area contributed by atoms with Crippen molar-refractivity contribution in [2.24, 2.45) is 17.3 Å². The maximum atomic E-state index is 12.2. The van der Waals surface area contributed by atoms with Crippen LogP contribution in [0.25, 0.3) is 0 Å². The second-order valence-electron chi connectivity index (χ2n) is 8.46. The van der Waals surface area contributed by atoms with Gasteiger partial charge in [0.05, 0.1) is 18.8 Å². The maximum Gasteiger partial charge on any atom is 0.322 e. The molecule has 3 saturated carbocycles. The summed E-state index contributed by atoms with van der Waals surface area (Å²) in [5, 5.41) is 0. The number of esters is 1. The van der Waals surface area contributed by atoms with Gasteiger partial charge in [0.15, 0.2) is 6.79 Å². The molecule has 0 aromatic rings. The molecule has 1 saturated heterocycles. The Balaban J connectivity index is 1.53. The minimum atomic E-state index is -0.191. The van der Waals surface area contributed by atoms with E-state index in [2.05, 4.69) is 18.7 Å². The third-order valence-corrected chi connectivity index (χ3v) is 6.82. The normalized spacial score (nSPS) is 51.0. The Morgan fingerprint density at radius 1 is 1.04 bits per heavy atom. The lowest BCUT2D eigenvalue weighted by molar-refractivity contribution is -0.167. The van der Waals surface area contributed by atoms with Crippen LogP contribution in [-0.2, 0) is 19.0 Å². The molecule has 3 aliphatic carbocycles. The van der Waals surface area contributed by atoms with Gasteiger partial charge in [0.25, 0.3) is 0 Å². The quantitative estimate of drug-likeness (QED) is 0.694. The average molecular weight is 323 g/mol. The van der Waals surface area contributed by atoms with Crippen LogP contribution in [0.3, 0.4) is 0 Å². The zero-order valence-corrected chi connectivity index (χ0v) is 14.5. The van der Waals surface area contributed by atoms with Crippen molar-refractivity contribution in [3.8, 4) is 0 Å². The van der Waals surface area contributed by atoms with E-state index in [1.165, 1.54) is 25.7 Å². The van der Waals surface area contributed by atoms with E-state index in [1.807, 2.05) is 6.92 Å². The summed E-state index contributed by atoms with van der Waals surface area (Å²) in [7, 11) is 0. The molecule has 4 aliphatic rings. The van der Waals surface area contributed by atoms with E-state index in [-0.39, 0.29) is 30.5 Å². The number of hydrogen-bond acceptors (Lipinski definition) is 5. The van der Waals surface area contributed by atoms with Crippen molar-refractivity contribution in [2.75, 3.05) is 20.1 Å². The van der Waals surface area contributed by atoms with Gasteiger partial charge in [-0.1, -0.05) is 6.92 Å². The minimum Gasteiger partial charge on any atom is -0.437 e. The largest absolute Gasteiger partial charge is 0.437 e. The first-order chi connectivity index (χ1) is 10.9. The highest BCUT2D eigenvalue weighted by Crippen LogP contribution is 2.81. The predicted molar refractivity (Wildman–Crippen MR) is 84.5 cm³/mol. The number of rotatable bonds is 1. The van der Waals surface area contributed by atoms with Gasteiger partial charge < -0.3 is 14.2 Å². The number of ether oxygens (including phenoxy) is 3. The molecule has 5 heteroatoms. The van der Waals surface area contributed by atoms with Gasteiger partial charge in [-0.25, -0.2) is 0 Å². The highest BCUT2D eigenvalue weighted by molar-refractivity contribution is 5.71. The van der Waals surface area contributed by atoms with E-state index in [0.29, 0.717) is 18.7 Å². The Bertz CT molecular complexity index is 497. The first kappa shape index (κ1) is 15.9. The van der Waals surface area contributed by atoms with Gasteiger partial charge >= 0.3 is 5.97 Å². The number of carbonyl (C=O) groups is 1. The Morgan fingerprint density at radius 3 is 2.57 bits per heavy atom. The van der Waals surface area contributed by atoms with Crippen molar-refractivity contribution < 1.29 is 19.0 Å². The van der Waals surface area contributed by atoms with Crippen LogP contribution in [0.15, 0.2) is 0 Å². The molecular formula is C18H29NO4. The van der Waals surface area contributed by atoms with Crippen molar-refractivity contribution >= 4 is 5.97 Å². The molecule has 1 heterocycles. The molecule has 1 spiro atoms. The number of cyclic esters (lactones) is 1. The molecule has 130 valence electrons. The fourth-order valence-corrected chi connectivity index (χ4v) is 5.83. The zero-order chi connectivity index (χ0) is 16.2. The molecule has 0 radical (unpaired) electrons. The highest BCUT2D eigenvalue weighted by atomic mass is 16.7. The third-order valence-electron chi connectivity index (χ3n) is 6.82. The van der Waals surface area contributed by atoms with Crippen LogP contribution in [0, 0.1) is 17.3 Å². The van der Waals surface area contributed by atoms with E-state index in [1.54, 1.807) is 0 Å². The SMILES string of the molecule is CC1CC23CC2CC3(N2COC(C)CC(C)OCOC(=O)C2)C1. The van der Waals surface area contributed by atoms with Crippen LogP contribution in [0.4, 0.5) is 0 Å². The molecule has 0 aromatic carbocycles. The minimum absolute atomic E-state index is 0.0388. The van der Waals surface area contributed by atoms with E-state index >= 15 is 0 Å². The Labute approximate surface area is 138 Å². The Kier molecular flexibility index (Phi) is 3.74. The molecule has 23 heavy (non-hydrogen) atoms. The fourth-order valence-electron chi connectivity index (χ4n) is 5.83. The first-order valence-electron chi connectivity index (χ1n) is 9.09. The van der Waals surface area contributed by atoms with Crippen molar-refractivity contribution in [2.45, 2.75) is 70.6 Å². The van der Waals surface area contributed by atoms with Gasteiger partial charge in [-0.3, -0.25) is 9.69 Å². The van der Waals surface area contributed by atoms with Crippen LogP contribution in [0.5, 0.6) is 0 Å². The first-order valence-corrected chi connectivity index (χ1v) is 9.09. The van der Waals surface area contributed by atoms with Gasteiger partial charge in [-0.15, -0.1) is 0 Å². The molecule has 6 unspecified atom stereocenters. The summed E-state index contributed by atoms with van der Waals surface area (Å²) in [5.74, 6) is 1.45. The van der Waals surface area contributed by atoms with Crippen LogP contribution >= 0.6 is 0 Å². The number of nitrogens with zero attached hydrogens (tertiary/aromatic N) is 1. The lowest BCUT2D eigenvalue weighted by atomic mass is 9.67. The summed E-state index contributed by atoms with van der Waals surface area (Å²) < 4.78 is 16.9. The van der Waals surface area contributed by atoms with E-state index in [9.17, 15) is 4.79 Å². The van der Waals surface area contributed by atoms with Crippen LogP contribution in [0.1, 0.15) is 52.9 Å². The molecule has 0 amide bonds.